The topological polar surface area (TPSA) is 92.4 Å². The number of carboxylic acids is 1. The van der Waals surface area contributed by atoms with Crippen LogP contribution in [0.3, 0.4) is 0 Å². The molecule has 0 spiro atoms. The largest absolute Gasteiger partial charge is 0.476 e. The number of aromatic nitrogens is 2. The van der Waals surface area contributed by atoms with Crippen LogP contribution >= 0.6 is 0 Å². The molecule has 0 aliphatic carbocycles. The summed E-state index contributed by atoms with van der Waals surface area (Å²) >= 11 is 0. The van der Waals surface area contributed by atoms with E-state index in [1.807, 2.05) is 6.92 Å². The highest BCUT2D eigenvalue weighted by atomic mass is 16.4. The Balaban J connectivity index is 3.30. The van der Waals surface area contributed by atoms with Gasteiger partial charge in [-0.15, -0.1) is 0 Å². The number of carbonyl (C=O) groups excluding carboxylic acids is 1. The summed E-state index contributed by atoms with van der Waals surface area (Å²) in [7, 11) is 0. The minimum Gasteiger partial charge on any atom is -0.476 e. The highest BCUT2D eigenvalue weighted by Gasteiger charge is 2.24. The molecule has 1 heterocycles. The zero-order valence-corrected chi connectivity index (χ0v) is 10.6. The van der Waals surface area contributed by atoms with E-state index in [1.54, 1.807) is 0 Å². The van der Waals surface area contributed by atoms with Gasteiger partial charge in [0.2, 0.25) is 0 Å². The Morgan fingerprint density at radius 2 is 2.06 bits per heavy atom. The number of Topliss-reactive ketones (excluding diaryl/α,β-unsaturated/α-hetero) is 1. The first-order valence-electron chi connectivity index (χ1n) is 5.97. The molecule has 0 bridgehead atoms. The van der Waals surface area contributed by atoms with Crippen molar-refractivity contribution in [3.8, 4) is 0 Å². The molecule has 0 radical (unpaired) electrons. The summed E-state index contributed by atoms with van der Waals surface area (Å²) in [5.74, 6) is -1.37. The maximum absolute atomic E-state index is 11.6. The predicted octanol–water partition coefficient (Wildman–Crippen LogP) is 1.12. The van der Waals surface area contributed by atoms with Gasteiger partial charge in [-0.1, -0.05) is 13.3 Å². The molecule has 0 saturated heterocycles. The van der Waals surface area contributed by atoms with Gasteiger partial charge < -0.3 is 10.2 Å². The minimum atomic E-state index is -1.14. The van der Waals surface area contributed by atoms with Crippen molar-refractivity contribution in [3.63, 3.8) is 0 Å². The number of carboxylic acid groups (broad SMARTS) is 1. The van der Waals surface area contributed by atoms with E-state index < -0.39 is 5.97 Å². The summed E-state index contributed by atoms with van der Waals surface area (Å²) < 4.78 is 1.29. The monoisotopic (exact) mass is 254 g/mol. The Morgan fingerprint density at radius 1 is 1.39 bits per heavy atom. The molecular weight excluding hydrogens is 236 g/mol. The van der Waals surface area contributed by atoms with Crippen LogP contribution in [0.4, 0.5) is 0 Å². The van der Waals surface area contributed by atoms with Crippen LogP contribution < -0.4 is 0 Å². The molecular formula is C12H18N2O4. The fraction of sp³-hybridized carbons (Fsp3) is 0.583. The molecule has 0 atom stereocenters. The van der Waals surface area contributed by atoms with Gasteiger partial charge in [0, 0.05) is 12.5 Å². The number of nitrogens with zero attached hydrogens (tertiary/aromatic N) is 2. The molecule has 0 aliphatic rings. The van der Waals surface area contributed by atoms with E-state index in [-0.39, 0.29) is 24.6 Å². The average Bonchev–Trinajstić information content (AvgIpc) is 2.65. The van der Waals surface area contributed by atoms with E-state index in [0.717, 1.165) is 12.8 Å². The van der Waals surface area contributed by atoms with Crippen LogP contribution in [0.2, 0.25) is 0 Å². The van der Waals surface area contributed by atoms with Gasteiger partial charge in [0.1, 0.15) is 5.69 Å². The zero-order valence-electron chi connectivity index (χ0n) is 10.6. The second-order valence-electron chi connectivity index (χ2n) is 4.09. The molecule has 6 nitrogen and oxygen atoms in total. The summed E-state index contributed by atoms with van der Waals surface area (Å²) in [5.41, 5.74) is 0.697. The second kappa shape index (κ2) is 6.30. The highest BCUT2D eigenvalue weighted by molar-refractivity contribution is 5.98. The van der Waals surface area contributed by atoms with Crippen LogP contribution in [0.5, 0.6) is 0 Å². The second-order valence-corrected chi connectivity index (χ2v) is 4.09. The number of aliphatic hydroxyl groups excluding tert-OH is 1. The van der Waals surface area contributed by atoms with Gasteiger partial charge in [0.15, 0.2) is 11.5 Å². The van der Waals surface area contributed by atoms with Crippen LogP contribution in [-0.4, -0.2) is 38.4 Å². The Hall–Kier alpha value is -1.69. The zero-order chi connectivity index (χ0) is 13.7. The van der Waals surface area contributed by atoms with Crippen molar-refractivity contribution < 1.29 is 19.8 Å². The fourth-order valence-electron chi connectivity index (χ4n) is 1.91. The third-order valence-electron chi connectivity index (χ3n) is 2.68. The maximum atomic E-state index is 11.6. The summed E-state index contributed by atoms with van der Waals surface area (Å²) in [6.45, 7) is 3.31. The van der Waals surface area contributed by atoms with Crippen LogP contribution in [0.15, 0.2) is 0 Å². The van der Waals surface area contributed by atoms with Gasteiger partial charge in [0.05, 0.1) is 13.2 Å². The molecule has 100 valence electrons. The van der Waals surface area contributed by atoms with Gasteiger partial charge in [-0.3, -0.25) is 9.48 Å². The first-order valence-corrected chi connectivity index (χ1v) is 5.97. The molecule has 0 unspecified atom stereocenters. The lowest BCUT2D eigenvalue weighted by Crippen LogP contribution is -2.12. The molecule has 2 N–H and O–H groups in total. The molecule has 1 aromatic rings. The quantitative estimate of drug-likeness (QED) is 0.711. The Morgan fingerprint density at radius 3 is 2.50 bits per heavy atom. The van der Waals surface area contributed by atoms with Crippen molar-refractivity contribution in [1.29, 1.82) is 0 Å². The number of aromatic carboxylic acids is 1. The van der Waals surface area contributed by atoms with Gasteiger partial charge in [-0.2, -0.15) is 5.10 Å². The van der Waals surface area contributed by atoms with E-state index in [0.29, 0.717) is 17.7 Å². The van der Waals surface area contributed by atoms with Crippen molar-refractivity contribution in [1.82, 2.24) is 9.78 Å². The van der Waals surface area contributed by atoms with Crippen molar-refractivity contribution in [2.75, 3.05) is 6.61 Å². The number of carbonyl (C=O) groups is 2. The molecule has 0 amide bonds. The molecule has 0 aliphatic heterocycles. The molecule has 0 saturated carbocycles. The smallest absolute Gasteiger partial charge is 0.356 e. The van der Waals surface area contributed by atoms with E-state index in [9.17, 15) is 9.59 Å². The van der Waals surface area contributed by atoms with E-state index in [2.05, 4.69) is 5.10 Å². The number of unbranched alkanes of at least 4 members (excludes halogenated alkanes) is 1. The molecule has 18 heavy (non-hydrogen) atoms. The van der Waals surface area contributed by atoms with E-state index in [1.165, 1.54) is 11.6 Å². The summed E-state index contributed by atoms with van der Waals surface area (Å²) in [6, 6.07) is 0. The standard InChI is InChI=1S/C12H18N2O4/c1-3-4-5-9-10(12(17)18)13-14(6-7-15)11(9)8(2)16/h15H,3-7H2,1-2H3,(H,17,18). The van der Waals surface area contributed by atoms with Crippen LogP contribution in [0, 0.1) is 0 Å². The van der Waals surface area contributed by atoms with Gasteiger partial charge in [0.25, 0.3) is 0 Å². The first kappa shape index (κ1) is 14.4. The van der Waals surface area contributed by atoms with Crippen molar-refractivity contribution in [3.05, 3.63) is 17.0 Å². The van der Waals surface area contributed by atoms with Gasteiger partial charge >= 0.3 is 5.97 Å². The van der Waals surface area contributed by atoms with E-state index >= 15 is 0 Å². The average molecular weight is 254 g/mol. The highest BCUT2D eigenvalue weighted by Crippen LogP contribution is 2.18. The molecule has 1 aromatic heterocycles. The predicted molar refractivity (Wildman–Crippen MR) is 64.9 cm³/mol. The minimum absolute atomic E-state index is 0.0814. The molecule has 6 heteroatoms. The van der Waals surface area contributed by atoms with Crippen molar-refractivity contribution in [2.45, 2.75) is 39.7 Å². The third kappa shape index (κ3) is 2.95. The van der Waals surface area contributed by atoms with Crippen molar-refractivity contribution in [2.24, 2.45) is 0 Å². The van der Waals surface area contributed by atoms with Crippen LogP contribution in [0.25, 0.3) is 0 Å². The summed E-state index contributed by atoms with van der Waals surface area (Å²) in [4.78, 5) is 22.8. The van der Waals surface area contributed by atoms with Crippen molar-refractivity contribution >= 4 is 11.8 Å². The van der Waals surface area contributed by atoms with Gasteiger partial charge in [-0.25, -0.2) is 4.79 Å². The lowest BCUT2D eigenvalue weighted by Gasteiger charge is -2.04. The SMILES string of the molecule is CCCCc1c(C(=O)O)nn(CCO)c1C(C)=O. The van der Waals surface area contributed by atoms with Crippen LogP contribution in [-0.2, 0) is 13.0 Å². The van der Waals surface area contributed by atoms with E-state index in [4.69, 9.17) is 10.2 Å². The Labute approximate surface area is 105 Å². The summed E-state index contributed by atoms with van der Waals surface area (Å²) in [6.07, 6.45) is 2.21. The Kier molecular flexibility index (Phi) is 5.03. The number of aliphatic hydroxyl groups is 1. The molecule has 0 fully saturated rings. The lowest BCUT2D eigenvalue weighted by atomic mass is 10.0. The Bertz CT molecular complexity index is 451. The lowest BCUT2D eigenvalue weighted by molar-refractivity contribution is 0.0687. The normalized spacial score (nSPS) is 10.6. The molecule has 0 aromatic carbocycles. The number of hydrogen-bond acceptors (Lipinski definition) is 4. The summed E-state index contributed by atoms with van der Waals surface area (Å²) in [5, 5.41) is 21.9. The van der Waals surface area contributed by atoms with Crippen LogP contribution in [0.1, 0.15) is 53.2 Å². The number of hydrogen-bond donors (Lipinski definition) is 2. The van der Waals surface area contributed by atoms with Gasteiger partial charge in [-0.05, 0) is 12.8 Å². The fourth-order valence-corrected chi connectivity index (χ4v) is 1.91. The number of ketones is 1. The maximum Gasteiger partial charge on any atom is 0.356 e. The third-order valence-corrected chi connectivity index (χ3v) is 2.68. The first-order chi connectivity index (χ1) is 8.52. The number of rotatable bonds is 7. The molecule has 1 rings (SSSR count).